The van der Waals surface area contributed by atoms with Crippen LogP contribution in [0.25, 0.3) is 0 Å². The summed E-state index contributed by atoms with van der Waals surface area (Å²) in [5.41, 5.74) is -1.14. The van der Waals surface area contributed by atoms with Crippen molar-refractivity contribution in [2.24, 2.45) is 0 Å². The van der Waals surface area contributed by atoms with Crippen molar-refractivity contribution in [3.63, 3.8) is 0 Å². The van der Waals surface area contributed by atoms with Crippen LogP contribution in [0.1, 0.15) is 32.6 Å². The average molecular weight is 214 g/mol. The SMILES string of the molecule is CCC1(C(=O)OC)OC12CCCC2OC. The van der Waals surface area contributed by atoms with Crippen molar-refractivity contribution < 1.29 is 19.0 Å². The Morgan fingerprint density at radius 2 is 2.27 bits per heavy atom. The summed E-state index contributed by atoms with van der Waals surface area (Å²) in [5.74, 6) is -0.256. The van der Waals surface area contributed by atoms with Gasteiger partial charge in [0.15, 0.2) is 5.60 Å². The van der Waals surface area contributed by atoms with Gasteiger partial charge in [0.05, 0.1) is 13.2 Å². The lowest BCUT2D eigenvalue weighted by atomic mass is 9.87. The normalized spacial score (nSPS) is 43.3. The largest absolute Gasteiger partial charge is 0.467 e. The van der Waals surface area contributed by atoms with Gasteiger partial charge in [-0.05, 0) is 25.7 Å². The predicted molar refractivity (Wildman–Crippen MR) is 53.5 cm³/mol. The molecule has 4 nitrogen and oxygen atoms in total. The molecule has 1 aliphatic heterocycles. The number of esters is 1. The van der Waals surface area contributed by atoms with E-state index in [-0.39, 0.29) is 12.1 Å². The average Bonchev–Trinajstić information content (AvgIpc) is 2.74. The van der Waals surface area contributed by atoms with Crippen molar-refractivity contribution in [2.45, 2.75) is 49.9 Å². The predicted octanol–water partition coefficient (Wildman–Crippen LogP) is 1.28. The van der Waals surface area contributed by atoms with E-state index >= 15 is 0 Å². The van der Waals surface area contributed by atoms with Crippen LogP contribution in [0.5, 0.6) is 0 Å². The lowest BCUT2D eigenvalue weighted by molar-refractivity contribution is -0.147. The van der Waals surface area contributed by atoms with E-state index in [9.17, 15) is 4.79 Å². The van der Waals surface area contributed by atoms with E-state index in [0.717, 1.165) is 19.3 Å². The molecule has 86 valence electrons. The molecule has 4 heteroatoms. The highest BCUT2D eigenvalue weighted by atomic mass is 16.7. The Morgan fingerprint density at radius 1 is 1.53 bits per heavy atom. The fraction of sp³-hybridized carbons (Fsp3) is 0.909. The molecule has 0 aromatic rings. The maximum Gasteiger partial charge on any atom is 0.341 e. The van der Waals surface area contributed by atoms with Gasteiger partial charge in [0, 0.05) is 7.11 Å². The molecule has 2 fully saturated rings. The molecule has 1 saturated heterocycles. The van der Waals surface area contributed by atoms with Crippen molar-refractivity contribution in [2.75, 3.05) is 14.2 Å². The summed E-state index contributed by atoms with van der Waals surface area (Å²) in [7, 11) is 3.09. The second kappa shape index (κ2) is 3.46. The lowest BCUT2D eigenvalue weighted by Crippen LogP contribution is -2.40. The van der Waals surface area contributed by atoms with Crippen LogP contribution in [-0.2, 0) is 19.0 Å². The van der Waals surface area contributed by atoms with Gasteiger partial charge < -0.3 is 14.2 Å². The lowest BCUT2D eigenvalue weighted by Gasteiger charge is -2.18. The smallest absolute Gasteiger partial charge is 0.341 e. The van der Waals surface area contributed by atoms with Crippen molar-refractivity contribution in [3.05, 3.63) is 0 Å². The Morgan fingerprint density at radius 3 is 2.80 bits per heavy atom. The topological polar surface area (TPSA) is 48.1 Å². The van der Waals surface area contributed by atoms with E-state index < -0.39 is 11.2 Å². The van der Waals surface area contributed by atoms with Gasteiger partial charge in [0.25, 0.3) is 0 Å². The summed E-state index contributed by atoms with van der Waals surface area (Å²) in [6, 6.07) is 0. The van der Waals surface area contributed by atoms with Gasteiger partial charge in [-0.1, -0.05) is 6.92 Å². The number of ether oxygens (including phenoxy) is 3. The second-order valence-electron chi connectivity index (χ2n) is 4.28. The monoisotopic (exact) mass is 214 g/mol. The Balaban J connectivity index is 2.23. The fourth-order valence-electron chi connectivity index (χ4n) is 3.01. The number of epoxide rings is 1. The molecule has 0 bridgehead atoms. The maximum atomic E-state index is 11.7. The zero-order valence-electron chi connectivity index (χ0n) is 9.54. The molecular formula is C11H18O4. The van der Waals surface area contributed by atoms with Gasteiger partial charge in [-0.3, -0.25) is 0 Å². The molecule has 0 radical (unpaired) electrons. The Hall–Kier alpha value is -0.610. The molecule has 0 aromatic carbocycles. The molecule has 0 aromatic heterocycles. The van der Waals surface area contributed by atoms with Crippen LogP contribution in [0, 0.1) is 0 Å². The Kier molecular flexibility index (Phi) is 2.51. The van der Waals surface area contributed by atoms with Crippen molar-refractivity contribution in [3.8, 4) is 0 Å². The molecule has 0 amide bonds. The minimum Gasteiger partial charge on any atom is -0.467 e. The van der Waals surface area contributed by atoms with Crippen LogP contribution in [0.3, 0.4) is 0 Å². The summed E-state index contributed by atoms with van der Waals surface area (Å²) < 4.78 is 16.0. The standard InChI is InChI=1S/C11H18O4/c1-4-10(9(12)14-3)11(15-10)7-5-6-8(11)13-2/h8H,4-7H2,1-3H3. The van der Waals surface area contributed by atoms with E-state index in [1.165, 1.54) is 7.11 Å². The van der Waals surface area contributed by atoms with Crippen molar-refractivity contribution in [1.82, 2.24) is 0 Å². The molecule has 3 unspecified atom stereocenters. The number of methoxy groups -OCH3 is 2. The third-order valence-corrected chi connectivity index (χ3v) is 3.83. The first-order valence-corrected chi connectivity index (χ1v) is 5.48. The first-order valence-electron chi connectivity index (χ1n) is 5.48. The molecule has 1 heterocycles. The van der Waals surface area contributed by atoms with Gasteiger partial charge in [-0.2, -0.15) is 0 Å². The molecule has 0 N–H and O–H groups in total. The van der Waals surface area contributed by atoms with Crippen LogP contribution >= 0.6 is 0 Å². The maximum absolute atomic E-state index is 11.7. The number of carbonyl (C=O) groups excluding carboxylic acids is 1. The molecule has 15 heavy (non-hydrogen) atoms. The highest BCUT2D eigenvalue weighted by Crippen LogP contribution is 2.60. The van der Waals surface area contributed by atoms with Gasteiger partial charge in [0.1, 0.15) is 5.60 Å². The van der Waals surface area contributed by atoms with Gasteiger partial charge in [0.2, 0.25) is 0 Å². The number of rotatable bonds is 3. The van der Waals surface area contributed by atoms with E-state index in [4.69, 9.17) is 14.2 Å². The van der Waals surface area contributed by atoms with E-state index in [1.807, 2.05) is 6.92 Å². The van der Waals surface area contributed by atoms with Crippen LogP contribution in [0.2, 0.25) is 0 Å². The van der Waals surface area contributed by atoms with Gasteiger partial charge >= 0.3 is 5.97 Å². The highest BCUT2D eigenvalue weighted by Gasteiger charge is 2.78. The Bertz CT molecular complexity index is 278. The minimum atomic E-state index is -0.737. The van der Waals surface area contributed by atoms with Gasteiger partial charge in [-0.15, -0.1) is 0 Å². The first-order chi connectivity index (χ1) is 7.16. The molecule has 3 atom stereocenters. The van der Waals surface area contributed by atoms with Crippen LogP contribution in [0.15, 0.2) is 0 Å². The molecule has 1 spiro atoms. The molecular weight excluding hydrogens is 196 g/mol. The quantitative estimate of drug-likeness (QED) is 0.524. The van der Waals surface area contributed by atoms with Crippen LogP contribution < -0.4 is 0 Å². The fourth-order valence-corrected chi connectivity index (χ4v) is 3.01. The zero-order valence-corrected chi connectivity index (χ0v) is 9.54. The molecule has 1 saturated carbocycles. The third-order valence-electron chi connectivity index (χ3n) is 3.83. The highest BCUT2D eigenvalue weighted by molar-refractivity contribution is 5.85. The summed E-state index contributed by atoms with van der Waals surface area (Å²) in [5, 5.41) is 0. The summed E-state index contributed by atoms with van der Waals surface area (Å²) >= 11 is 0. The summed E-state index contributed by atoms with van der Waals surface area (Å²) in [4.78, 5) is 11.7. The second-order valence-corrected chi connectivity index (χ2v) is 4.28. The zero-order chi connectivity index (χ0) is 11.1. The van der Waals surface area contributed by atoms with Crippen LogP contribution in [0.4, 0.5) is 0 Å². The number of carbonyl (C=O) groups is 1. The Labute approximate surface area is 89.9 Å². The van der Waals surface area contributed by atoms with Gasteiger partial charge in [-0.25, -0.2) is 4.79 Å². The van der Waals surface area contributed by atoms with E-state index in [0.29, 0.717) is 6.42 Å². The van der Waals surface area contributed by atoms with E-state index in [1.54, 1.807) is 7.11 Å². The van der Waals surface area contributed by atoms with Crippen molar-refractivity contribution >= 4 is 5.97 Å². The van der Waals surface area contributed by atoms with E-state index in [2.05, 4.69) is 0 Å². The first kappa shape index (κ1) is 10.9. The minimum absolute atomic E-state index is 0.0385. The number of hydrogen-bond acceptors (Lipinski definition) is 4. The molecule has 2 rings (SSSR count). The van der Waals surface area contributed by atoms with Crippen LogP contribution in [-0.4, -0.2) is 37.5 Å². The molecule has 1 aliphatic carbocycles. The van der Waals surface area contributed by atoms with Crippen molar-refractivity contribution in [1.29, 1.82) is 0 Å². The number of hydrogen-bond donors (Lipinski definition) is 0. The summed E-state index contributed by atoms with van der Waals surface area (Å²) in [6.45, 7) is 1.96. The molecule has 2 aliphatic rings. The summed E-state index contributed by atoms with van der Waals surface area (Å²) in [6.07, 6.45) is 3.61. The third kappa shape index (κ3) is 1.18.